The third-order valence-electron chi connectivity index (χ3n) is 4.17. The molecule has 1 aromatic carbocycles. The third-order valence-corrected chi connectivity index (χ3v) is 4.17. The normalized spacial score (nSPS) is 13.3. The van der Waals surface area contributed by atoms with Gasteiger partial charge in [0.2, 0.25) is 11.8 Å². The molecule has 3 rings (SSSR count). The number of nitrogens with zero attached hydrogens (tertiary/aromatic N) is 2. The highest BCUT2D eigenvalue weighted by Gasteiger charge is 2.27. The summed E-state index contributed by atoms with van der Waals surface area (Å²) in [6.45, 7) is 3.84. The Labute approximate surface area is 146 Å². The quantitative estimate of drug-likeness (QED) is 0.761. The number of anilines is 1. The molecule has 0 saturated heterocycles. The molecule has 2 N–H and O–H groups in total. The molecule has 1 saturated carbocycles. The molecular weight excluding hydrogens is 316 g/mol. The highest BCUT2D eigenvalue weighted by atomic mass is 16.2. The summed E-state index contributed by atoms with van der Waals surface area (Å²) in [6.07, 6.45) is 3.91. The minimum absolute atomic E-state index is 0.0779. The Balaban J connectivity index is 1.53. The van der Waals surface area contributed by atoms with Gasteiger partial charge in [-0.15, -0.1) is 0 Å². The lowest BCUT2D eigenvalue weighted by molar-refractivity contribution is -0.120. The molecule has 0 bridgehead atoms. The van der Waals surface area contributed by atoms with E-state index in [0.29, 0.717) is 18.2 Å². The van der Waals surface area contributed by atoms with Crippen molar-refractivity contribution in [2.24, 2.45) is 7.05 Å². The van der Waals surface area contributed by atoms with E-state index in [9.17, 15) is 9.59 Å². The molecule has 0 unspecified atom stereocenters. The van der Waals surface area contributed by atoms with Gasteiger partial charge in [-0.2, -0.15) is 5.10 Å². The van der Waals surface area contributed by atoms with Gasteiger partial charge in [0.1, 0.15) is 0 Å². The van der Waals surface area contributed by atoms with Gasteiger partial charge >= 0.3 is 0 Å². The van der Waals surface area contributed by atoms with Crippen molar-refractivity contribution < 1.29 is 9.59 Å². The van der Waals surface area contributed by atoms with E-state index in [1.54, 1.807) is 12.1 Å². The van der Waals surface area contributed by atoms with Gasteiger partial charge in [-0.05, 0) is 42.7 Å². The molecule has 0 aliphatic heterocycles. The summed E-state index contributed by atoms with van der Waals surface area (Å²) >= 11 is 0. The molecule has 2 aromatic rings. The zero-order chi connectivity index (χ0) is 17.8. The predicted molar refractivity (Wildman–Crippen MR) is 96.0 cm³/mol. The first-order valence-corrected chi connectivity index (χ1v) is 8.37. The lowest BCUT2D eigenvalue weighted by Gasteiger charge is -2.06. The van der Waals surface area contributed by atoms with Crippen LogP contribution in [0.5, 0.6) is 0 Å². The fourth-order valence-corrected chi connectivity index (χ4v) is 2.78. The Morgan fingerprint density at radius 3 is 2.88 bits per heavy atom. The van der Waals surface area contributed by atoms with Gasteiger partial charge in [-0.25, -0.2) is 0 Å². The molecule has 1 heterocycles. The van der Waals surface area contributed by atoms with Gasteiger partial charge in [0.25, 0.3) is 0 Å². The summed E-state index contributed by atoms with van der Waals surface area (Å²) in [4.78, 5) is 23.5. The van der Waals surface area contributed by atoms with Crippen molar-refractivity contribution in [3.8, 4) is 0 Å². The number of nitrogens with one attached hydrogen (secondary N) is 2. The minimum Gasteiger partial charge on any atom is -0.350 e. The highest BCUT2D eigenvalue weighted by molar-refractivity contribution is 5.98. The summed E-state index contributed by atoms with van der Waals surface area (Å²) < 4.78 is 1.91. The summed E-state index contributed by atoms with van der Waals surface area (Å²) in [5.41, 5.74) is 3.60. The van der Waals surface area contributed by atoms with Gasteiger partial charge in [0, 0.05) is 24.3 Å². The van der Waals surface area contributed by atoms with Crippen LogP contribution in [0.2, 0.25) is 0 Å². The topological polar surface area (TPSA) is 76.0 Å². The summed E-state index contributed by atoms with van der Waals surface area (Å²) in [6, 6.07) is 9.30. The van der Waals surface area contributed by atoms with Crippen molar-refractivity contribution in [1.29, 1.82) is 0 Å². The van der Waals surface area contributed by atoms with Crippen LogP contribution in [0, 0.1) is 0 Å². The fourth-order valence-electron chi connectivity index (χ4n) is 2.78. The van der Waals surface area contributed by atoms with Gasteiger partial charge in [0.15, 0.2) is 0 Å². The second-order valence-electron chi connectivity index (χ2n) is 6.31. The standard InChI is InChI=1S/C19H22N4O2/c1-3-18(24)21-15-6-4-5-13(9-15)10-19(25)20-12-16-11-17(14-7-8-14)23(2)22-16/h3-6,9,11,14H,1,7-8,10,12H2,2H3,(H,20,25)(H,21,24). The Morgan fingerprint density at radius 1 is 1.36 bits per heavy atom. The number of amides is 2. The van der Waals surface area contributed by atoms with Crippen LogP contribution in [-0.4, -0.2) is 21.6 Å². The van der Waals surface area contributed by atoms with Gasteiger partial charge in [-0.1, -0.05) is 18.7 Å². The number of carbonyl (C=O) groups is 2. The molecular formula is C19H22N4O2. The van der Waals surface area contributed by atoms with Crippen LogP contribution in [0.4, 0.5) is 5.69 Å². The summed E-state index contributed by atoms with van der Waals surface area (Å²) in [5, 5.41) is 10.0. The average Bonchev–Trinajstić information content (AvgIpc) is 3.36. The average molecular weight is 338 g/mol. The molecule has 25 heavy (non-hydrogen) atoms. The Morgan fingerprint density at radius 2 is 2.16 bits per heavy atom. The monoisotopic (exact) mass is 338 g/mol. The first kappa shape index (κ1) is 17.0. The van der Waals surface area contributed by atoms with Crippen LogP contribution < -0.4 is 10.6 Å². The maximum absolute atomic E-state index is 12.2. The predicted octanol–water partition coefficient (Wildman–Crippen LogP) is 2.28. The molecule has 6 heteroatoms. The van der Waals surface area contributed by atoms with Crippen molar-refractivity contribution in [3.05, 3.63) is 59.9 Å². The highest BCUT2D eigenvalue weighted by Crippen LogP contribution is 2.39. The summed E-state index contributed by atoms with van der Waals surface area (Å²) in [7, 11) is 1.95. The Kier molecular flexibility index (Phi) is 4.97. The largest absolute Gasteiger partial charge is 0.350 e. The van der Waals surface area contributed by atoms with Crippen LogP contribution in [0.3, 0.4) is 0 Å². The lowest BCUT2D eigenvalue weighted by Crippen LogP contribution is -2.24. The number of carbonyl (C=O) groups excluding carboxylic acids is 2. The number of aromatic nitrogens is 2. The second-order valence-corrected chi connectivity index (χ2v) is 6.31. The third kappa shape index (κ3) is 4.56. The minimum atomic E-state index is -0.275. The second kappa shape index (κ2) is 7.34. The van der Waals surface area contributed by atoms with Crippen molar-refractivity contribution in [1.82, 2.24) is 15.1 Å². The molecule has 1 fully saturated rings. The SMILES string of the molecule is C=CC(=O)Nc1cccc(CC(=O)NCc2cc(C3CC3)n(C)n2)c1. The van der Waals surface area contributed by atoms with Crippen LogP contribution in [0.15, 0.2) is 43.0 Å². The zero-order valence-electron chi connectivity index (χ0n) is 14.3. The molecule has 130 valence electrons. The molecule has 1 aliphatic rings. The van der Waals surface area contributed by atoms with Crippen molar-refractivity contribution in [3.63, 3.8) is 0 Å². The fraction of sp³-hybridized carbons (Fsp3) is 0.316. The lowest BCUT2D eigenvalue weighted by atomic mass is 10.1. The number of hydrogen-bond donors (Lipinski definition) is 2. The van der Waals surface area contributed by atoms with E-state index in [4.69, 9.17) is 0 Å². The molecule has 2 amide bonds. The first-order valence-electron chi connectivity index (χ1n) is 8.37. The molecule has 0 atom stereocenters. The zero-order valence-corrected chi connectivity index (χ0v) is 14.3. The first-order chi connectivity index (χ1) is 12.0. The van der Waals surface area contributed by atoms with E-state index in [-0.39, 0.29) is 18.2 Å². The smallest absolute Gasteiger partial charge is 0.247 e. The van der Waals surface area contributed by atoms with Crippen LogP contribution in [0.1, 0.15) is 35.7 Å². The maximum Gasteiger partial charge on any atom is 0.247 e. The van der Waals surface area contributed by atoms with Crippen LogP contribution in [-0.2, 0) is 29.6 Å². The summed E-state index contributed by atoms with van der Waals surface area (Å²) in [5.74, 6) is 0.282. The van der Waals surface area contributed by atoms with Gasteiger partial charge in [0.05, 0.1) is 18.7 Å². The molecule has 1 aromatic heterocycles. The van der Waals surface area contributed by atoms with E-state index in [0.717, 1.165) is 11.3 Å². The van der Waals surface area contributed by atoms with Crippen LogP contribution >= 0.6 is 0 Å². The van der Waals surface area contributed by atoms with E-state index in [1.165, 1.54) is 24.6 Å². The molecule has 0 radical (unpaired) electrons. The van der Waals surface area contributed by atoms with E-state index in [2.05, 4.69) is 28.4 Å². The van der Waals surface area contributed by atoms with Crippen molar-refractivity contribution >= 4 is 17.5 Å². The van der Waals surface area contributed by atoms with Crippen molar-refractivity contribution in [2.45, 2.75) is 31.7 Å². The molecule has 0 spiro atoms. The Hall–Kier alpha value is -2.89. The number of benzene rings is 1. The Bertz CT molecular complexity index is 806. The van der Waals surface area contributed by atoms with Gasteiger partial charge < -0.3 is 10.6 Å². The van der Waals surface area contributed by atoms with Gasteiger partial charge in [-0.3, -0.25) is 14.3 Å². The molecule has 1 aliphatic carbocycles. The van der Waals surface area contributed by atoms with E-state index in [1.807, 2.05) is 23.9 Å². The maximum atomic E-state index is 12.2. The number of rotatable bonds is 7. The van der Waals surface area contributed by atoms with E-state index < -0.39 is 0 Å². The van der Waals surface area contributed by atoms with Crippen LogP contribution in [0.25, 0.3) is 0 Å². The number of hydrogen-bond acceptors (Lipinski definition) is 3. The number of aryl methyl sites for hydroxylation is 1. The van der Waals surface area contributed by atoms with Crippen molar-refractivity contribution in [2.75, 3.05) is 5.32 Å². The molecule has 6 nitrogen and oxygen atoms in total. The van der Waals surface area contributed by atoms with E-state index >= 15 is 0 Å².